The summed E-state index contributed by atoms with van der Waals surface area (Å²) in [6.07, 6.45) is 2.17. The minimum Gasteiger partial charge on any atom is -0.349 e. The molecule has 0 saturated carbocycles. The second-order valence-electron chi connectivity index (χ2n) is 6.84. The highest BCUT2D eigenvalue weighted by atomic mass is 32.1. The fraction of sp³-hybridized carbons (Fsp3) is 0.182. The van der Waals surface area contributed by atoms with Crippen molar-refractivity contribution in [3.05, 3.63) is 82.7 Å². The van der Waals surface area contributed by atoms with E-state index in [1.165, 1.54) is 23.5 Å². The molecular weight excluding hydrogens is 373 g/mol. The number of halogens is 1. The van der Waals surface area contributed by atoms with Crippen LogP contribution in [0.1, 0.15) is 29.8 Å². The van der Waals surface area contributed by atoms with Crippen LogP contribution in [0.5, 0.6) is 0 Å². The van der Waals surface area contributed by atoms with E-state index in [0.29, 0.717) is 0 Å². The highest BCUT2D eigenvalue weighted by Gasteiger charge is 2.15. The number of aromatic nitrogens is 2. The first-order valence-electron chi connectivity index (χ1n) is 9.07. The molecule has 0 aliphatic rings. The van der Waals surface area contributed by atoms with Gasteiger partial charge in [0.2, 0.25) is 5.91 Å². The highest BCUT2D eigenvalue weighted by molar-refractivity contribution is 7.15. The van der Waals surface area contributed by atoms with Crippen LogP contribution >= 0.6 is 11.3 Å². The zero-order valence-corrected chi connectivity index (χ0v) is 16.5. The number of amides is 1. The molecule has 0 aliphatic carbocycles. The van der Waals surface area contributed by atoms with Crippen molar-refractivity contribution in [1.29, 1.82) is 0 Å². The van der Waals surface area contributed by atoms with Crippen LogP contribution in [0.4, 0.5) is 4.39 Å². The summed E-state index contributed by atoms with van der Waals surface area (Å²) in [5.41, 5.74) is 4.78. The SMILES string of the molecule is Cc1ccccc1C(C)NC(=O)Cc1csc2nc(-c3ccc(F)cc3)cn12. The number of nitrogens with one attached hydrogen (secondary N) is 1. The Hall–Kier alpha value is -2.99. The van der Waals surface area contributed by atoms with Crippen molar-refractivity contribution in [2.45, 2.75) is 26.3 Å². The van der Waals surface area contributed by atoms with Gasteiger partial charge in [-0.15, -0.1) is 11.3 Å². The first-order valence-corrected chi connectivity index (χ1v) is 9.95. The summed E-state index contributed by atoms with van der Waals surface area (Å²) in [6, 6.07) is 14.3. The Kier molecular flexibility index (Phi) is 4.96. The normalized spacial score (nSPS) is 12.2. The number of aryl methyl sites for hydroxylation is 1. The first kappa shape index (κ1) is 18.4. The molecule has 2 heterocycles. The molecule has 4 rings (SSSR count). The zero-order valence-electron chi connectivity index (χ0n) is 15.6. The van der Waals surface area contributed by atoms with Crippen molar-refractivity contribution in [3.8, 4) is 11.3 Å². The summed E-state index contributed by atoms with van der Waals surface area (Å²) in [4.78, 5) is 18.0. The standard InChI is InChI=1S/C22H20FN3OS/c1-14-5-3-4-6-19(14)15(2)24-21(27)11-18-13-28-22-25-20(12-26(18)22)16-7-9-17(23)10-8-16/h3-10,12-13,15H,11H2,1-2H3,(H,24,27). The molecule has 0 aliphatic heterocycles. The summed E-state index contributed by atoms with van der Waals surface area (Å²) in [6.45, 7) is 4.04. The van der Waals surface area contributed by atoms with E-state index in [-0.39, 0.29) is 24.2 Å². The zero-order chi connectivity index (χ0) is 19.7. The van der Waals surface area contributed by atoms with Gasteiger partial charge in [-0.2, -0.15) is 0 Å². The van der Waals surface area contributed by atoms with Crippen molar-refractivity contribution in [2.24, 2.45) is 0 Å². The molecular formula is C22H20FN3OS. The number of fused-ring (bicyclic) bond motifs is 1. The smallest absolute Gasteiger partial charge is 0.226 e. The topological polar surface area (TPSA) is 46.4 Å². The average molecular weight is 393 g/mol. The van der Waals surface area contributed by atoms with Gasteiger partial charge in [-0.05, 0) is 49.2 Å². The number of benzene rings is 2. The van der Waals surface area contributed by atoms with Crippen LogP contribution in [-0.4, -0.2) is 15.3 Å². The average Bonchev–Trinajstić information content (AvgIpc) is 3.24. The lowest BCUT2D eigenvalue weighted by molar-refractivity contribution is -0.121. The molecule has 4 nitrogen and oxygen atoms in total. The number of carbonyl (C=O) groups is 1. The molecule has 2 aromatic carbocycles. The van der Waals surface area contributed by atoms with Gasteiger partial charge in [-0.3, -0.25) is 9.20 Å². The van der Waals surface area contributed by atoms with Gasteiger partial charge in [-0.1, -0.05) is 24.3 Å². The number of carbonyl (C=O) groups excluding carboxylic acids is 1. The number of imidazole rings is 1. The molecule has 0 fully saturated rings. The molecule has 4 aromatic rings. The quantitative estimate of drug-likeness (QED) is 0.523. The maximum absolute atomic E-state index is 13.1. The highest BCUT2D eigenvalue weighted by Crippen LogP contribution is 2.24. The molecule has 1 unspecified atom stereocenters. The number of rotatable bonds is 5. The van der Waals surface area contributed by atoms with E-state index in [9.17, 15) is 9.18 Å². The van der Waals surface area contributed by atoms with Crippen molar-refractivity contribution in [3.63, 3.8) is 0 Å². The predicted molar refractivity (Wildman–Crippen MR) is 110 cm³/mol. The largest absolute Gasteiger partial charge is 0.349 e. The Balaban J connectivity index is 1.51. The summed E-state index contributed by atoms with van der Waals surface area (Å²) in [5, 5.41) is 5.03. The Morgan fingerprint density at radius 3 is 2.71 bits per heavy atom. The summed E-state index contributed by atoms with van der Waals surface area (Å²) < 4.78 is 15.1. The van der Waals surface area contributed by atoms with Gasteiger partial charge < -0.3 is 5.32 Å². The Morgan fingerprint density at radius 2 is 1.96 bits per heavy atom. The Labute approximate surface area is 166 Å². The number of thiazole rings is 1. The van der Waals surface area contributed by atoms with Crippen molar-refractivity contribution in [1.82, 2.24) is 14.7 Å². The summed E-state index contributed by atoms with van der Waals surface area (Å²) >= 11 is 1.49. The van der Waals surface area contributed by atoms with E-state index >= 15 is 0 Å². The lowest BCUT2D eigenvalue weighted by atomic mass is 10.0. The fourth-order valence-corrected chi connectivity index (χ4v) is 4.20. The maximum Gasteiger partial charge on any atom is 0.226 e. The third-order valence-corrected chi connectivity index (χ3v) is 5.69. The van der Waals surface area contributed by atoms with Crippen LogP contribution in [0.2, 0.25) is 0 Å². The lowest BCUT2D eigenvalue weighted by Gasteiger charge is -2.16. The molecule has 0 bridgehead atoms. The van der Waals surface area contributed by atoms with E-state index in [1.807, 2.05) is 54.1 Å². The summed E-state index contributed by atoms with van der Waals surface area (Å²) in [7, 11) is 0. The monoisotopic (exact) mass is 393 g/mol. The van der Waals surface area contributed by atoms with Gasteiger partial charge in [0, 0.05) is 22.8 Å². The van der Waals surface area contributed by atoms with Crippen molar-refractivity contribution < 1.29 is 9.18 Å². The molecule has 1 amide bonds. The molecule has 2 aromatic heterocycles. The first-order chi connectivity index (χ1) is 13.5. The van der Waals surface area contributed by atoms with Crippen LogP contribution in [-0.2, 0) is 11.2 Å². The molecule has 0 saturated heterocycles. The summed E-state index contributed by atoms with van der Waals surface area (Å²) in [5.74, 6) is -0.308. The molecule has 0 spiro atoms. The molecule has 6 heteroatoms. The molecule has 28 heavy (non-hydrogen) atoms. The Bertz CT molecular complexity index is 1130. The van der Waals surface area contributed by atoms with Crippen molar-refractivity contribution in [2.75, 3.05) is 0 Å². The number of hydrogen-bond acceptors (Lipinski definition) is 3. The van der Waals surface area contributed by atoms with Gasteiger partial charge in [0.05, 0.1) is 18.2 Å². The van der Waals surface area contributed by atoms with Gasteiger partial charge in [0.25, 0.3) is 0 Å². The van der Waals surface area contributed by atoms with Crippen LogP contribution < -0.4 is 5.32 Å². The molecule has 0 radical (unpaired) electrons. The Morgan fingerprint density at radius 1 is 1.21 bits per heavy atom. The van der Waals surface area contributed by atoms with Gasteiger partial charge >= 0.3 is 0 Å². The van der Waals surface area contributed by atoms with E-state index < -0.39 is 0 Å². The van der Waals surface area contributed by atoms with Crippen LogP contribution in [0.25, 0.3) is 16.2 Å². The second kappa shape index (κ2) is 7.56. The fourth-order valence-electron chi connectivity index (χ4n) is 3.32. The molecule has 142 valence electrons. The van der Waals surface area contributed by atoms with E-state index in [0.717, 1.165) is 33.0 Å². The van der Waals surface area contributed by atoms with E-state index in [4.69, 9.17) is 0 Å². The maximum atomic E-state index is 13.1. The molecule has 1 atom stereocenters. The minimum absolute atomic E-state index is 0.0347. The predicted octanol–water partition coefficient (Wildman–Crippen LogP) is 4.93. The van der Waals surface area contributed by atoms with Crippen molar-refractivity contribution >= 4 is 22.2 Å². The number of hydrogen-bond donors (Lipinski definition) is 1. The van der Waals surface area contributed by atoms with E-state index in [2.05, 4.69) is 10.3 Å². The van der Waals surface area contributed by atoms with Gasteiger partial charge in [0.15, 0.2) is 4.96 Å². The van der Waals surface area contributed by atoms with E-state index in [1.54, 1.807) is 12.1 Å². The second-order valence-corrected chi connectivity index (χ2v) is 7.67. The van der Waals surface area contributed by atoms with Crippen LogP contribution in [0, 0.1) is 12.7 Å². The third-order valence-electron chi connectivity index (χ3n) is 4.80. The van der Waals surface area contributed by atoms with Crippen LogP contribution in [0.3, 0.4) is 0 Å². The van der Waals surface area contributed by atoms with Gasteiger partial charge in [-0.25, -0.2) is 9.37 Å². The number of nitrogens with zero attached hydrogens (tertiary/aromatic N) is 2. The third kappa shape index (κ3) is 3.68. The van der Waals surface area contributed by atoms with Gasteiger partial charge in [0.1, 0.15) is 5.82 Å². The minimum atomic E-state index is -0.273. The molecule has 1 N–H and O–H groups in total. The van der Waals surface area contributed by atoms with Crippen LogP contribution in [0.15, 0.2) is 60.1 Å². The lowest BCUT2D eigenvalue weighted by Crippen LogP contribution is -2.28.